The summed E-state index contributed by atoms with van der Waals surface area (Å²) in [5, 5.41) is 2.10. The molecule has 1 fully saturated rings. The first-order valence-electron chi connectivity index (χ1n) is 4.95. The number of likely N-dealkylation sites (tertiary alicyclic amines) is 1. The minimum absolute atomic E-state index is 0.261. The van der Waals surface area contributed by atoms with Gasteiger partial charge in [0.1, 0.15) is 0 Å². The topological polar surface area (TPSA) is 75.4 Å². The van der Waals surface area contributed by atoms with E-state index in [1.807, 2.05) is 0 Å². The van der Waals surface area contributed by atoms with Crippen LogP contribution in [0.1, 0.15) is 26.2 Å². The van der Waals surface area contributed by atoms with Gasteiger partial charge in [0.2, 0.25) is 5.91 Å². The van der Waals surface area contributed by atoms with Crippen molar-refractivity contribution in [3.63, 3.8) is 0 Å². The number of rotatable bonds is 2. The standard InChI is InChI=1S/C9H17N3O2/c1-7(8(13)11-9(10)14)12-5-3-2-4-6-12/h7H,2-6H2,1H3,(H3,10,11,13,14). The fourth-order valence-electron chi connectivity index (χ4n) is 1.70. The molecule has 0 aromatic carbocycles. The van der Waals surface area contributed by atoms with E-state index >= 15 is 0 Å². The highest BCUT2D eigenvalue weighted by Gasteiger charge is 2.23. The molecule has 0 aliphatic carbocycles. The molecule has 0 bridgehead atoms. The van der Waals surface area contributed by atoms with Crippen molar-refractivity contribution in [3.05, 3.63) is 0 Å². The van der Waals surface area contributed by atoms with Crippen molar-refractivity contribution >= 4 is 11.9 Å². The molecule has 5 nitrogen and oxygen atoms in total. The van der Waals surface area contributed by atoms with E-state index in [9.17, 15) is 9.59 Å². The molecule has 5 heteroatoms. The third-order valence-electron chi connectivity index (χ3n) is 2.56. The van der Waals surface area contributed by atoms with Crippen LogP contribution in [0.4, 0.5) is 4.79 Å². The molecule has 1 rings (SSSR count). The van der Waals surface area contributed by atoms with Gasteiger partial charge in [-0.3, -0.25) is 15.0 Å². The lowest BCUT2D eigenvalue weighted by molar-refractivity contribution is -0.125. The molecule has 1 aliphatic heterocycles. The van der Waals surface area contributed by atoms with Gasteiger partial charge in [-0.15, -0.1) is 0 Å². The van der Waals surface area contributed by atoms with Crippen LogP contribution in [-0.2, 0) is 4.79 Å². The van der Waals surface area contributed by atoms with E-state index in [0.29, 0.717) is 0 Å². The monoisotopic (exact) mass is 199 g/mol. The van der Waals surface area contributed by atoms with Gasteiger partial charge in [0.25, 0.3) is 0 Å². The number of piperidine rings is 1. The Hall–Kier alpha value is -1.10. The lowest BCUT2D eigenvalue weighted by atomic mass is 10.1. The highest BCUT2D eigenvalue weighted by molar-refractivity contribution is 5.96. The van der Waals surface area contributed by atoms with Crippen molar-refractivity contribution in [1.29, 1.82) is 0 Å². The van der Waals surface area contributed by atoms with Crippen LogP contribution in [0.25, 0.3) is 0 Å². The van der Waals surface area contributed by atoms with Gasteiger partial charge in [0, 0.05) is 0 Å². The molecule has 14 heavy (non-hydrogen) atoms. The normalized spacial score (nSPS) is 20.1. The molecule has 0 radical (unpaired) electrons. The van der Waals surface area contributed by atoms with Crippen molar-refractivity contribution in [3.8, 4) is 0 Å². The van der Waals surface area contributed by atoms with Crippen molar-refractivity contribution < 1.29 is 9.59 Å². The fraction of sp³-hybridized carbons (Fsp3) is 0.778. The molecule has 3 amide bonds. The summed E-state index contributed by atoms with van der Waals surface area (Å²) >= 11 is 0. The summed E-state index contributed by atoms with van der Waals surface area (Å²) in [5.74, 6) is -0.306. The Balaban J connectivity index is 2.41. The zero-order valence-corrected chi connectivity index (χ0v) is 8.45. The summed E-state index contributed by atoms with van der Waals surface area (Å²) in [6.07, 6.45) is 3.46. The summed E-state index contributed by atoms with van der Waals surface area (Å²) < 4.78 is 0. The Morgan fingerprint density at radius 2 is 1.86 bits per heavy atom. The highest BCUT2D eigenvalue weighted by atomic mass is 16.2. The molecule has 3 N–H and O–H groups in total. The predicted octanol–water partition coefficient (Wildman–Crippen LogP) is 0.0557. The van der Waals surface area contributed by atoms with E-state index in [0.717, 1.165) is 25.9 Å². The van der Waals surface area contributed by atoms with E-state index < -0.39 is 6.03 Å². The number of nitrogens with one attached hydrogen (secondary N) is 1. The van der Waals surface area contributed by atoms with Gasteiger partial charge >= 0.3 is 6.03 Å². The highest BCUT2D eigenvalue weighted by Crippen LogP contribution is 2.11. The smallest absolute Gasteiger partial charge is 0.318 e. The van der Waals surface area contributed by atoms with Crippen LogP contribution >= 0.6 is 0 Å². The van der Waals surface area contributed by atoms with Crippen molar-refractivity contribution in [2.24, 2.45) is 5.73 Å². The van der Waals surface area contributed by atoms with Crippen LogP contribution < -0.4 is 11.1 Å². The van der Waals surface area contributed by atoms with Gasteiger partial charge in [-0.05, 0) is 32.9 Å². The molecule has 1 atom stereocenters. The van der Waals surface area contributed by atoms with Crippen LogP contribution in [0.15, 0.2) is 0 Å². The zero-order chi connectivity index (χ0) is 10.6. The number of amides is 3. The summed E-state index contributed by atoms with van der Waals surface area (Å²) in [6.45, 7) is 3.64. The van der Waals surface area contributed by atoms with Gasteiger partial charge < -0.3 is 5.73 Å². The van der Waals surface area contributed by atoms with E-state index in [1.54, 1.807) is 6.92 Å². The first-order chi connectivity index (χ1) is 6.61. The Bertz CT molecular complexity index is 224. The van der Waals surface area contributed by atoms with E-state index in [1.165, 1.54) is 6.42 Å². The molecule has 80 valence electrons. The minimum Gasteiger partial charge on any atom is -0.351 e. The van der Waals surface area contributed by atoms with Crippen LogP contribution in [0.3, 0.4) is 0 Å². The van der Waals surface area contributed by atoms with E-state index in [2.05, 4.69) is 10.2 Å². The second kappa shape index (κ2) is 4.95. The number of hydrogen-bond donors (Lipinski definition) is 2. The molecule has 0 aromatic rings. The van der Waals surface area contributed by atoms with Crippen LogP contribution in [0.2, 0.25) is 0 Å². The SMILES string of the molecule is CC(C(=O)NC(N)=O)N1CCCCC1. The molecule has 1 aliphatic rings. The number of imide groups is 1. The molecule has 0 saturated carbocycles. The van der Waals surface area contributed by atoms with Crippen molar-refractivity contribution in [2.75, 3.05) is 13.1 Å². The third kappa shape index (κ3) is 2.99. The maximum atomic E-state index is 11.4. The van der Waals surface area contributed by atoms with Crippen molar-refractivity contribution in [1.82, 2.24) is 10.2 Å². The average Bonchev–Trinajstić information content (AvgIpc) is 2.17. The van der Waals surface area contributed by atoms with Gasteiger partial charge in [-0.2, -0.15) is 0 Å². The summed E-state index contributed by atoms with van der Waals surface area (Å²) in [6, 6.07) is -1.04. The first-order valence-corrected chi connectivity index (χ1v) is 4.95. The molecule has 1 saturated heterocycles. The van der Waals surface area contributed by atoms with Crippen LogP contribution in [-0.4, -0.2) is 36.0 Å². The fourth-order valence-corrected chi connectivity index (χ4v) is 1.70. The Morgan fingerprint density at radius 3 is 2.36 bits per heavy atom. The Kier molecular flexibility index (Phi) is 3.88. The Labute approximate surface area is 83.6 Å². The second-order valence-corrected chi connectivity index (χ2v) is 3.63. The number of nitrogens with two attached hydrogens (primary N) is 1. The van der Waals surface area contributed by atoms with Gasteiger partial charge in [0.05, 0.1) is 6.04 Å². The van der Waals surface area contributed by atoms with E-state index in [-0.39, 0.29) is 11.9 Å². The largest absolute Gasteiger partial charge is 0.351 e. The summed E-state index contributed by atoms with van der Waals surface area (Å²) in [4.78, 5) is 23.9. The number of hydrogen-bond acceptors (Lipinski definition) is 3. The zero-order valence-electron chi connectivity index (χ0n) is 8.45. The molecule has 1 unspecified atom stereocenters. The lowest BCUT2D eigenvalue weighted by Crippen LogP contribution is -2.49. The number of carbonyl (C=O) groups excluding carboxylic acids is 2. The van der Waals surface area contributed by atoms with Crippen molar-refractivity contribution in [2.45, 2.75) is 32.2 Å². The molecular weight excluding hydrogens is 182 g/mol. The number of nitrogens with zero attached hydrogens (tertiary/aromatic N) is 1. The quantitative estimate of drug-likeness (QED) is 0.660. The third-order valence-corrected chi connectivity index (χ3v) is 2.56. The summed E-state index contributed by atoms with van der Waals surface area (Å²) in [5.41, 5.74) is 4.87. The molecule has 0 spiro atoms. The maximum absolute atomic E-state index is 11.4. The maximum Gasteiger partial charge on any atom is 0.318 e. The predicted molar refractivity (Wildman–Crippen MR) is 52.6 cm³/mol. The van der Waals surface area contributed by atoms with Crippen LogP contribution in [0.5, 0.6) is 0 Å². The molecular formula is C9H17N3O2. The molecule has 1 heterocycles. The van der Waals surface area contributed by atoms with Gasteiger partial charge in [-0.25, -0.2) is 4.79 Å². The van der Waals surface area contributed by atoms with Gasteiger partial charge in [-0.1, -0.05) is 6.42 Å². The van der Waals surface area contributed by atoms with Gasteiger partial charge in [0.15, 0.2) is 0 Å². The lowest BCUT2D eigenvalue weighted by Gasteiger charge is -2.30. The first kappa shape index (κ1) is 11.0. The number of primary amides is 1. The summed E-state index contributed by atoms with van der Waals surface area (Å²) in [7, 11) is 0. The molecule has 0 aromatic heterocycles. The number of carbonyl (C=O) groups is 2. The second-order valence-electron chi connectivity index (χ2n) is 3.63. The minimum atomic E-state index is -0.779. The average molecular weight is 199 g/mol. The van der Waals surface area contributed by atoms with Crippen LogP contribution in [0, 0.1) is 0 Å². The number of urea groups is 1. The van der Waals surface area contributed by atoms with E-state index in [4.69, 9.17) is 5.73 Å². The Morgan fingerprint density at radius 1 is 1.29 bits per heavy atom.